The van der Waals surface area contributed by atoms with Gasteiger partial charge in [-0.15, -0.1) is 0 Å². The molecule has 0 atom stereocenters. The first-order valence-corrected chi connectivity index (χ1v) is 9.90. The third kappa shape index (κ3) is 2.58. The molecule has 4 bridgehead atoms. The molecule has 0 spiro atoms. The zero-order chi connectivity index (χ0) is 15.3. The van der Waals surface area contributed by atoms with Gasteiger partial charge in [-0.25, -0.2) is 13.4 Å². The quantitative estimate of drug-likeness (QED) is 0.893. The first kappa shape index (κ1) is 14.6. The maximum Gasteiger partial charge on any atom is 0.214 e. The molecule has 5 rings (SSSR count). The van der Waals surface area contributed by atoms with Gasteiger partial charge in [0.05, 0.1) is 12.3 Å². The molecule has 4 aliphatic rings. The molecule has 0 aromatic carbocycles. The van der Waals surface area contributed by atoms with Crippen molar-refractivity contribution in [3.8, 4) is 0 Å². The number of H-pyrrole nitrogens is 1. The van der Waals surface area contributed by atoms with E-state index in [0.717, 1.165) is 11.8 Å². The molecule has 7 heteroatoms. The van der Waals surface area contributed by atoms with Crippen LogP contribution in [0.3, 0.4) is 0 Å². The average molecular weight is 324 g/mol. The van der Waals surface area contributed by atoms with E-state index in [0.29, 0.717) is 29.3 Å². The summed E-state index contributed by atoms with van der Waals surface area (Å²) in [7, 11) is -1.59. The molecule has 4 aliphatic carbocycles. The highest BCUT2D eigenvalue weighted by Crippen LogP contribution is 2.56. The average Bonchev–Trinajstić information content (AvgIpc) is 2.95. The van der Waals surface area contributed by atoms with Crippen molar-refractivity contribution in [2.45, 2.75) is 38.6 Å². The Morgan fingerprint density at radius 3 is 2.36 bits per heavy atom. The van der Waals surface area contributed by atoms with E-state index in [1.807, 2.05) is 0 Å². The maximum absolute atomic E-state index is 12.7. The van der Waals surface area contributed by atoms with Gasteiger partial charge in [-0.3, -0.25) is 5.10 Å². The minimum Gasteiger partial charge on any atom is -0.262 e. The number of sulfonamides is 1. The number of aromatic amines is 1. The number of nitrogens with zero attached hydrogens (tertiary/aromatic N) is 3. The molecule has 0 saturated heterocycles. The largest absolute Gasteiger partial charge is 0.262 e. The minimum atomic E-state index is -3.24. The number of hydrogen-bond donors (Lipinski definition) is 1. The number of hydrogen-bond acceptors (Lipinski definition) is 4. The summed E-state index contributed by atoms with van der Waals surface area (Å²) in [5, 5.41) is 6.50. The van der Waals surface area contributed by atoms with Crippen molar-refractivity contribution in [2.24, 2.45) is 29.6 Å². The molecule has 0 unspecified atom stereocenters. The van der Waals surface area contributed by atoms with E-state index >= 15 is 0 Å². The van der Waals surface area contributed by atoms with Crippen LogP contribution in [-0.4, -0.2) is 40.7 Å². The van der Waals surface area contributed by atoms with E-state index in [4.69, 9.17) is 0 Å². The number of aromatic nitrogens is 3. The van der Waals surface area contributed by atoms with E-state index in [2.05, 4.69) is 15.2 Å². The molecule has 4 fully saturated rings. The van der Waals surface area contributed by atoms with Gasteiger partial charge in [-0.1, -0.05) is 0 Å². The molecule has 22 heavy (non-hydrogen) atoms. The molecule has 0 aliphatic heterocycles. The van der Waals surface area contributed by atoms with E-state index in [-0.39, 0.29) is 6.54 Å². The van der Waals surface area contributed by atoms with Gasteiger partial charge in [0.25, 0.3) is 0 Å². The maximum atomic E-state index is 12.7. The fraction of sp³-hybridized carbons (Fsp3) is 0.867. The lowest BCUT2D eigenvalue weighted by Gasteiger charge is -2.54. The van der Waals surface area contributed by atoms with Crippen LogP contribution in [0.25, 0.3) is 0 Å². The highest BCUT2D eigenvalue weighted by Gasteiger charge is 2.49. The summed E-state index contributed by atoms with van der Waals surface area (Å²) >= 11 is 0. The number of nitrogens with one attached hydrogen (secondary N) is 1. The van der Waals surface area contributed by atoms with E-state index in [1.165, 1.54) is 42.7 Å². The van der Waals surface area contributed by atoms with Gasteiger partial charge in [0.15, 0.2) is 0 Å². The van der Waals surface area contributed by atoms with Crippen LogP contribution in [0.5, 0.6) is 0 Å². The number of rotatable bonds is 5. The monoisotopic (exact) mass is 324 g/mol. The summed E-state index contributed by atoms with van der Waals surface area (Å²) in [6.45, 7) is 0.273. The highest BCUT2D eigenvalue weighted by molar-refractivity contribution is 7.89. The van der Waals surface area contributed by atoms with Gasteiger partial charge >= 0.3 is 0 Å². The van der Waals surface area contributed by atoms with E-state index in [1.54, 1.807) is 7.05 Å². The van der Waals surface area contributed by atoms with Crippen molar-refractivity contribution in [1.82, 2.24) is 19.5 Å². The van der Waals surface area contributed by atoms with E-state index in [9.17, 15) is 8.42 Å². The van der Waals surface area contributed by atoms with Crippen molar-refractivity contribution in [1.29, 1.82) is 0 Å². The van der Waals surface area contributed by atoms with Gasteiger partial charge in [0.2, 0.25) is 10.0 Å². The smallest absolute Gasteiger partial charge is 0.214 e. The summed E-state index contributed by atoms with van der Waals surface area (Å²) in [5.74, 6) is 4.33. The van der Waals surface area contributed by atoms with Crippen molar-refractivity contribution < 1.29 is 8.42 Å². The molecule has 1 heterocycles. The van der Waals surface area contributed by atoms with Crippen LogP contribution in [0.2, 0.25) is 0 Å². The van der Waals surface area contributed by atoms with Crippen LogP contribution in [-0.2, 0) is 16.6 Å². The SMILES string of the molecule is CN(Cc1ncn[nH]1)S(=O)(=O)CC1C2CC3CC(C2)CC1C3. The van der Waals surface area contributed by atoms with Crippen LogP contribution in [0.15, 0.2) is 6.33 Å². The predicted octanol–water partition coefficient (Wildman–Crippen LogP) is 1.64. The topological polar surface area (TPSA) is 79.0 Å². The van der Waals surface area contributed by atoms with Crippen LogP contribution in [0.1, 0.15) is 37.9 Å². The first-order chi connectivity index (χ1) is 10.5. The fourth-order valence-corrected chi connectivity index (χ4v) is 6.90. The molecular formula is C15H24N4O2S. The Hall–Kier alpha value is -0.950. The van der Waals surface area contributed by atoms with Gasteiger partial charge < -0.3 is 0 Å². The Bertz CT molecular complexity index is 600. The third-order valence-corrected chi connectivity index (χ3v) is 8.02. The normalized spacial score (nSPS) is 37.1. The lowest BCUT2D eigenvalue weighted by Crippen LogP contribution is -2.48. The molecule has 6 nitrogen and oxygen atoms in total. The van der Waals surface area contributed by atoms with Crippen LogP contribution in [0, 0.1) is 29.6 Å². The highest BCUT2D eigenvalue weighted by atomic mass is 32.2. The summed E-state index contributed by atoms with van der Waals surface area (Å²) in [5.41, 5.74) is 0. The van der Waals surface area contributed by atoms with Crippen molar-refractivity contribution >= 4 is 10.0 Å². The molecule has 1 N–H and O–H groups in total. The lowest BCUT2D eigenvalue weighted by atomic mass is 9.52. The van der Waals surface area contributed by atoms with Crippen molar-refractivity contribution in [2.75, 3.05) is 12.8 Å². The van der Waals surface area contributed by atoms with Crippen molar-refractivity contribution in [3.63, 3.8) is 0 Å². The molecular weight excluding hydrogens is 300 g/mol. The van der Waals surface area contributed by atoms with Crippen LogP contribution in [0.4, 0.5) is 0 Å². The van der Waals surface area contributed by atoms with Crippen LogP contribution >= 0.6 is 0 Å². The summed E-state index contributed by atoms with van der Waals surface area (Å²) < 4.78 is 26.9. The Kier molecular flexibility index (Phi) is 3.52. The van der Waals surface area contributed by atoms with Gasteiger partial charge in [-0.05, 0) is 61.7 Å². The summed E-state index contributed by atoms with van der Waals surface area (Å²) in [6, 6.07) is 0. The molecule has 1 aromatic heterocycles. The Morgan fingerprint density at radius 1 is 1.18 bits per heavy atom. The third-order valence-electron chi connectivity index (χ3n) is 6.14. The second kappa shape index (κ2) is 5.30. The Labute approximate surface area is 131 Å². The summed E-state index contributed by atoms with van der Waals surface area (Å²) in [6.07, 6.45) is 7.86. The molecule has 122 valence electrons. The summed E-state index contributed by atoms with van der Waals surface area (Å²) in [4.78, 5) is 4.02. The molecule has 4 saturated carbocycles. The molecule has 0 radical (unpaired) electrons. The fourth-order valence-electron chi connectivity index (χ4n) is 5.30. The molecule has 0 amide bonds. The first-order valence-electron chi connectivity index (χ1n) is 8.29. The minimum absolute atomic E-state index is 0.273. The zero-order valence-electron chi connectivity index (χ0n) is 13.0. The molecule has 1 aromatic rings. The Morgan fingerprint density at radius 2 is 1.82 bits per heavy atom. The Balaban J connectivity index is 1.45. The lowest BCUT2D eigenvalue weighted by molar-refractivity contribution is -0.0271. The second-order valence-electron chi connectivity index (χ2n) is 7.56. The van der Waals surface area contributed by atoms with Gasteiger partial charge in [0.1, 0.15) is 12.2 Å². The van der Waals surface area contributed by atoms with Crippen molar-refractivity contribution in [3.05, 3.63) is 12.2 Å². The van der Waals surface area contributed by atoms with Gasteiger partial charge in [-0.2, -0.15) is 9.40 Å². The second-order valence-corrected chi connectivity index (χ2v) is 9.68. The van der Waals surface area contributed by atoms with Gasteiger partial charge in [0, 0.05) is 7.05 Å². The van der Waals surface area contributed by atoms with Crippen LogP contribution < -0.4 is 0 Å². The zero-order valence-corrected chi connectivity index (χ0v) is 13.8. The standard InChI is InChI=1S/C15H24N4O2S/c1-19(7-15-16-9-17-18-15)22(20,21)8-14-12-3-10-2-11(5-12)6-13(14)4-10/h9-14H,2-8H2,1H3,(H,16,17,18). The predicted molar refractivity (Wildman–Crippen MR) is 82.2 cm³/mol. The van der Waals surface area contributed by atoms with E-state index < -0.39 is 10.0 Å².